The first-order chi connectivity index (χ1) is 10.8. The molecule has 0 aliphatic rings. The van der Waals surface area contributed by atoms with Gasteiger partial charge in [-0.2, -0.15) is 4.31 Å². The average Bonchev–Trinajstić information content (AvgIpc) is 2.51. The van der Waals surface area contributed by atoms with E-state index in [0.29, 0.717) is 4.47 Å². The van der Waals surface area contributed by atoms with Crippen LogP contribution in [0.1, 0.15) is 0 Å². The van der Waals surface area contributed by atoms with Gasteiger partial charge in [0.05, 0.1) is 11.4 Å². The van der Waals surface area contributed by atoms with Crippen LogP contribution in [0.4, 0.5) is 5.69 Å². The van der Waals surface area contributed by atoms with Crippen LogP contribution in [0, 0.1) is 0 Å². The zero-order valence-corrected chi connectivity index (χ0v) is 14.5. The van der Waals surface area contributed by atoms with Crippen molar-refractivity contribution in [2.45, 2.75) is 4.90 Å². The molecule has 0 saturated heterocycles. The number of aromatic amines is 1. The van der Waals surface area contributed by atoms with E-state index in [-0.39, 0.29) is 10.6 Å². The molecule has 0 unspecified atom stereocenters. The predicted octanol–water partition coefficient (Wildman–Crippen LogP) is 1.40. The molecule has 2 aromatic rings. The molecule has 9 heteroatoms. The van der Waals surface area contributed by atoms with Crippen molar-refractivity contribution < 1.29 is 13.2 Å². The molecule has 0 bridgehead atoms. The summed E-state index contributed by atoms with van der Waals surface area (Å²) in [6.07, 6.45) is 1.43. The van der Waals surface area contributed by atoms with E-state index in [0.717, 1.165) is 4.31 Å². The van der Waals surface area contributed by atoms with Crippen LogP contribution in [0.5, 0.6) is 0 Å². The molecule has 0 aliphatic carbocycles. The van der Waals surface area contributed by atoms with E-state index in [1.807, 2.05) is 0 Å². The number of carbonyl (C=O) groups is 1. The van der Waals surface area contributed by atoms with Crippen LogP contribution >= 0.6 is 15.9 Å². The van der Waals surface area contributed by atoms with Crippen molar-refractivity contribution in [2.24, 2.45) is 0 Å². The topological polar surface area (TPSA) is 99.3 Å². The number of sulfonamides is 1. The maximum Gasteiger partial charge on any atom is 0.271 e. The van der Waals surface area contributed by atoms with E-state index in [9.17, 15) is 18.0 Å². The first kappa shape index (κ1) is 17.4. The molecule has 122 valence electrons. The molecular formula is C14H14BrN3O4S. The van der Waals surface area contributed by atoms with Gasteiger partial charge in [-0.25, -0.2) is 8.42 Å². The van der Waals surface area contributed by atoms with Crippen LogP contribution in [0.25, 0.3) is 0 Å². The van der Waals surface area contributed by atoms with Crippen LogP contribution in [0.2, 0.25) is 0 Å². The van der Waals surface area contributed by atoms with Gasteiger partial charge in [0, 0.05) is 17.7 Å². The van der Waals surface area contributed by atoms with Crippen molar-refractivity contribution in [1.29, 1.82) is 0 Å². The first-order valence-corrected chi connectivity index (χ1v) is 8.73. The van der Waals surface area contributed by atoms with Crippen LogP contribution in [0.3, 0.4) is 0 Å². The van der Waals surface area contributed by atoms with Gasteiger partial charge in [0.2, 0.25) is 15.9 Å². The Labute approximate surface area is 141 Å². The Morgan fingerprint density at radius 2 is 1.96 bits per heavy atom. The van der Waals surface area contributed by atoms with E-state index >= 15 is 0 Å². The summed E-state index contributed by atoms with van der Waals surface area (Å²) < 4.78 is 26.1. The largest absolute Gasteiger partial charge is 0.326 e. The number of amides is 1. The minimum absolute atomic E-state index is 0.0369. The Morgan fingerprint density at radius 3 is 2.61 bits per heavy atom. The van der Waals surface area contributed by atoms with Crippen molar-refractivity contribution in [3.63, 3.8) is 0 Å². The molecule has 1 heterocycles. The Balaban J connectivity index is 2.11. The summed E-state index contributed by atoms with van der Waals surface area (Å²) in [6, 6.07) is 9.23. The lowest BCUT2D eigenvalue weighted by Gasteiger charge is -2.16. The monoisotopic (exact) mass is 399 g/mol. The van der Waals surface area contributed by atoms with E-state index < -0.39 is 28.0 Å². The number of H-pyrrole nitrogens is 1. The Bertz CT molecular complexity index is 865. The van der Waals surface area contributed by atoms with Crippen LogP contribution in [0.15, 0.2) is 56.8 Å². The third-order valence-electron chi connectivity index (χ3n) is 2.96. The number of rotatable bonds is 5. The fourth-order valence-corrected chi connectivity index (χ4v) is 3.29. The summed E-state index contributed by atoms with van der Waals surface area (Å²) in [5.74, 6) is -0.615. The quantitative estimate of drug-likeness (QED) is 0.793. The number of hydrogen-bond donors (Lipinski definition) is 2. The lowest BCUT2D eigenvalue weighted by Crippen LogP contribution is -2.35. The van der Waals surface area contributed by atoms with Gasteiger partial charge in [-0.05, 0) is 34.1 Å². The Kier molecular flexibility index (Phi) is 5.34. The average molecular weight is 400 g/mol. The highest BCUT2D eigenvalue weighted by Gasteiger charge is 2.22. The maximum absolute atomic E-state index is 12.3. The number of anilines is 1. The van der Waals surface area contributed by atoms with Gasteiger partial charge in [-0.15, -0.1) is 0 Å². The molecule has 1 amide bonds. The van der Waals surface area contributed by atoms with E-state index in [2.05, 4.69) is 26.2 Å². The number of nitrogens with zero attached hydrogens (tertiary/aromatic N) is 1. The highest BCUT2D eigenvalue weighted by Crippen LogP contribution is 2.14. The molecule has 1 aromatic heterocycles. The molecule has 7 nitrogen and oxygen atoms in total. The summed E-state index contributed by atoms with van der Waals surface area (Å²) >= 11 is 3.17. The third-order valence-corrected chi connectivity index (χ3v) is 5.24. The van der Waals surface area contributed by atoms with Gasteiger partial charge in [0.1, 0.15) is 5.69 Å². The first-order valence-electron chi connectivity index (χ1n) is 6.50. The van der Waals surface area contributed by atoms with E-state index in [4.69, 9.17) is 0 Å². The molecule has 0 atom stereocenters. The van der Waals surface area contributed by atoms with Crippen molar-refractivity contribution >= 4 is 37.5 Å². The second-order valence-corrected chi connectivity index (χ2v) is 7.64. The lowest BCUT2D eigenvalue weighted by atomic mass is 10.4. The fraction of sp³-hybridized carbons (Fsp3) is 0.143. The second-order valence-electron chi connectivity index (χ2n) is 4.68. The SMILES string of the molecule is CN(CC(=O)Nc1cc(Br)c[nH]c1=O)S(=O)(=O)c1ccccc1. The Morgan fingerprint density at radius 1 is 1.30 bits per heavy atom. The summed E-state index contributed by atoms with van der Waals surface area (Å²) in [5.41, 5.74) is -0.440. The van der Waals surface area contributed by atoms with Crippen molar-refractivity contribution in [2.75, 3.05) is 18.9 Å². The van der Waals surface area contributed by atoms with E-state index in [1.165, 1.54) is 31.4 Å². The summed E-state index contributed by atoms with van der Waals surface area (Å²) in [7, 11) is -2.47. The number of pyridine rings is 1. The summed E-state index contributed by atoms with van der Waals surface area (Å²) in [4.78, 5) is 26.1. The van der Waals surface area contributed by atoms with Gasteiger partial charge >= 0.3 is 0 Å². The van der Waals surface area contributed by atoms with Gasteiger partial charge < -0.3 is 10.3 Å². The zero-order chi connectivity index (χ0) is 17.0. The highest BCUT2D eigenvalue weighted by atomic mass is 79.9. The molecule has 0 spiro atoms. The molecule has 0 radical (unpaired) electrons. The van der Waals surface area contributed by atoms with Crippen molar-refractivity contribution in [3.8, 4) is 0 Å². The molecule has 2 N–H and O–H groups in total. The number of aromatic nitrogens is 1. The minimum Gasteiger partial charge on any atom is -0.326 e. The number of carbonyl (C=O) groups excluding carboxylic acids is 1. The molecule has 0 aliphatic heterocycles. The molecule has 1 aromatic carbocycles. The van der Waals surface area contributed by atoms with Crippen LogP contribution in [-0.2, 0) is 14.8 Å². The smallest absolute Gasteiger partial charge is 0.271 e. The highest BCUT2D eigenvalue weighted by molar-refractivity contribution is 9.10. The number of benzene rings is 1. The standard InChI is InChI=1S/C14H14BrN3O4S/c1-18(23(21,22)11-5-3-2-4-6-11)9-13(19)17-12-7-10(15)8-16-14(12)20/h2-8H,9H2,1H3,(H,16,20)(H,17,19). The second kappa shape index (κ2) is 7.07. The zero-order valence-electron chi connectivity index (χ0n) is 12.1. The van der Waals surface area contributed by atoms with Crippen molar-refractivity contribution in [1.82, 2.24) is 9.29 Å². The Hall–Kier alpha value is -1.97. The normalized spacial score (nSPS) is 11.4. The molecule has 23 heavy (non-hydrogen) atoms. The number of likely N-dealkylation sites (N-methyl/N-ethyl adjacent to an activating group) is 1. The number of hydrogen-bond acceptors (Lipinski definition) is 4. The molecule has 0 saturated carbocycles. The van der Waals surface area contributed by atoms with Crippen molar-refractivity contribution in [3.05, 3.63) is 57.4 Å². The lowest BCUT2D eigenvalue weighted by molar-refractivity contribution is -0.116. The number of halogens is 1. The predicted molar refractivity (Wildman–Crippen MR) is 89.7 cm³/mol. The molecular weight excluding hydrogens is 386 g/mol. The van der Waals surface area contributed by atoms with Crippen LogP contribution in [-0.4, -0.2) is 37.2 Å². The summed E-state index contributed by atoms with van der Waals surface area (Å²) in [6.45, 7) is -0.414. The van der Waals surface area contributed by atoms with Crippen LogP contribution < -0.4 is 10.9 Å². The van der Waals surface area contributed by atoms with Gasteiger partial charge in [-0.3, -0.25) is 9.59 Å². The molecule has 0 fully saturated rings. The fourth-order valence-electron chi connectivity index (χ4n) is 1.80. The molecule has 2 rings (SSSR count). The minimum atomic E-state index is -3.77. The summed E-state index contributed by atoms with van der Waals surface area (Å²) in [5, 5.41) is 2.39. The van der Waals surface area contributed by atoms with Gasteiger partial charge in [0.25, 0.3) is 5.56 Å². The number of nitrogens with one attached hydrogen (secondary N) is 2. The van der Waals surface area contributed by atoms with E-state index in [1.54, 1.807) is 18.2 Å². The maximum atomic E-state index is 12.3. The van der Waals surface area contributed by atoms with Gasteiger partial charge in [-0.1, -0.05) is 18.2 Å². The van der Waals surface area contributed by atoms with Gasteiger partial charge in [0.15, 0.2) is 0 Å². The third kappa shape index (κ3) is 4.27.